The first-order valence-electron chi connectivity index (χ1n) is 8.67. The van der Waals surface area contributed by atoms with Crippen LogP contribution in [0.15, 0.2) is 47.1 Å². The van der Waals surface area contributed by atoms with E-state index in [9.17, 15) is 19.8 Å². The van der Waals surface area contributed by atoms with E-state index in [0.717, 1.165) is 0 Å². The molecule has 4 atom stereocenters. The van der Waals surface area contributed by atoms with E-state index in [1.54, 1.807) is 39.0 Å². The molecule has 6 nitrogen and oxygen atoms in total. The fourth-order valence-corrected chi connectivity index (χ4v) is 3.08. The highest BCUT2D eigenvalue weighted by molar-refractivity contribution is 5.92. The lowest BCUT2D eigenvalue weighted by atomic mass is 9.85. The van der Waals surface area contributed by atoms with Gasteiger partial charge in [-0.25, -0.2) is 9.59 Å². The number of hydrogen-bond donors (Lipinski definition) is 2. The Balaban J connectivity index is 2.45. The Morgan fingerprint density at radius 2 is 2.19 bits per heavy atom. The molecular formula is C20H26O6. The summed E-state index contributed by atoms with van der Waals surface area (Å²) in [4.78, 5) is 24.4. The second kappa shape index (κ2) is 8.47. The molecule has 0 aromatic carbocycles. The summed E-state index contributed by atoms with van der Waals surface area (Å²) >= 11 is 0. The van der Waals surface area contributed by atoms with Gasteiger partial charge in [0, 0.05) is 17.6 Å². The SMILES string of the molecule is C=C1C(=O)O[C@H]2/C=C(\C)[C@H](O)C/C=C(\CO)C[C@H](OC(=O)/C(C)=C/C)[C@H]12. The highest BCUT2D eigenvalue weighted by Gasteiger charge is 2.44. The Hall–Kier alpha value is -2.18. The number of aliphatic hydroxyl groups excluding tert-OH is 2. The van der Waals surface area contributed by atoms with E-state index in [1.165, 1.54) is 0 Å². The van der Waals surface area contributed by atoms with E-state index in [-0.39, 0.29) is 18.6 Å². The second-order valence-corrected chi connectivity index (χ2v) is 6.72. The summed E-state index contributed by atoms with van der Waals surface area (Å²) in [5.74, 6) is -1.61. The predicted molar refractivity (Wildman–Crippen MR) is 96.0 cm³/mol. The Bertz CT molecular complexity index is 684. The Kier molecular flexibility index (Phi) is 6.56. The molecule has 26 heavy (non-hydrogen) atoms. The van der Waals surface area contributed by atoms with Crippen molar-refractivity contribution in [3.05, 3.63) is 47.1 Å². The van der Waals surface area contributed by atoms with Crippen molar-refractivity contribution in [2.24, 2.45) is 5.92 Å². The van der Waals surface area contributed by atoms with Gasteiger partial charge in [0.1, 0.15) is 12.2 Å². The van der Waals surface area contributed by atoms with E-state index >= 15 is 0 Å². The van der Waals surface area contributed by atoms with Crippen molar-refractivity contribution < 1.29 is 29.3 Å². The minimum Gasteiger partial charge on any atom is -0.458 e. The summed E-state index contributed by atoms with van der Waals surface area (Å²) in [5, 5.41) is 19.9. The fourth-order valence-electron chi connectivity index (χ4n) is 3.08. The van der Waals surface area contributed by atoms with Crippen LogP contribution in [0.3, 0.4) is 0 Å². The summed E-state index contributed by atoms with van der Waals surface area (Å²) in [6.45, 7) is 8.71. The molecule has 6 heteroatoms. The quantitative estimate of drug-likeness (QED) is 0.453. The van der Waals surface area contributed by atoms with Crippen LogP contribution in [-0.2, 0) is 19.1 Å². The van der Waals surface area contributed by atoms with Gasteiger partial charge in [0.15, 0.2) is 0 Å². The second-order valence-electron chi connectivity index (χ2n) is 6.72. The number of fused-ring (bicyclic) bond motifs is 1. The maximum atomic E-state index is 12.3. The minimum atomic E-state index is -0.742. The summed E-state index contributed by atoms with van der Waals surface area (Å²) in [6.07, 6.45) is 3.50. The van der Waals surface area contributed by atoms with Gasteiger partial charge in [-0.1, -0.05) is 18.7 Å². The van der Waals surface area contributed by atoms with Crippen molar-refractivity contribution >= 4 is 11.9 Å². The van der Waals surface area contributed by atoms with Crippen LogP contribution < -0.4 is 0 Å². The van der Waals surface area contributed by atoms with E-state index in [1.807, 2.05) is 0 Å². The van der Waals surface area contributed by atoms with Crippen molar-refractivity contribution in [1.82, 2.24) is 0 Å². The molecule has 0 aromatic heterocycles. The number of ether oxygens (including phenoxy) is 2. The van der Waals surface area contributed by atoms with Gasteiger partial charge in [0.25, 0.3) is 0 Å². The molecule has 0 aromatic rings. The van der Waals surface area contributed by atoms with Crippen molar-refractivity contribution in [2.75, 3.05) is 6.61 Å². The van der Waals surface area contributed by atoms with Gasteiger partial charge in [-0.15, -0.1) is 0 Å². The molecule has 2 rings (SSSR count). The standard InChI is InChI=1S/C20H26O6/c1-5-11(2)19(23)25-17-9-14(10-21)6-7-15(22)12(3)8-16-18(17)13(4)20(24)26-16/h5-6,8,15-18,21-22H,4,7,9-10H2,1-3H3/b11-5+,12-8+,14-6-/t15-,16+,17+,18-/m1/s1. The summed E-state index contributed by atoms with van der Waals surface area (Å²) < 4.78 is 11.0. The maximum Gasteiger partial charge on any atom is 0.334 e. The lowest BCUT2D eigenvalue weighted by molar-refractivity contribution is -0.147. The molecule has 1 fully saturated rings. The van der Waals surface area contributed by atoms with Gasteiger partial charge in [-0.2, -0.15) is 0 Å². The van der Waals surface area contributed by atoms with E-state index < -0.39 is 36.2 Å². The number of carbonyl (C=O) groups is 2. The number of esters is 2. The summed E-state index contributed by atoms with van der Waals surface area (Å²) in [5.41, 5.74) is 1.95. The first-order chi connectivity index (χ1) is 12.3. The van der Waals surface area contributed by atoms with Crippen molar-refractivity contribution in [3.8, 4) is 0 Å². The molecule has 0 bridgehead atoms. The number of hydrogen-bond acceptors (Lipinski definition) is 6. The maximum absolute atomic E-state index is 12.3. The molecule has 0 radical (unpaired) electrons. The van der Waals surface area contributed by atoms with Crippen molar-refractivity contribution in [1.29, 1.82) is 0 Å². The van der Waals surface area contributed by atoms with Crippen LogP contribution in [0.25, 0.3) is 0 Å². The molecule has 0 unspecified atom stereocenters. The van der Waals surface area contributed by atoms with E-state index in [2.05, 4.69) is 6.58 Å². The highest BCUT2D eigenvalue weighted by atomic mass is 16.6. The summed E-state index contributed by atoms with van der Waals surface area (Å²) in [6, 6.07) is 0. The molecule has 0 amide bonds. The Labute approximate surface area is 153 Å². The van der Waals surface area contributed by atoms with Crippen LogP contribution in [0, 0.1) is 5.92 Å². The van der Waals surface area contributed by atoms with Crippen LogP contribution in [0.5, 0.6) is 0 Å². The molecule has 1 aliphatic carbocycles. The largest absolute Gasteiger partial charge is 0.458 e. The molecule has 0 spiro atoms. The zero-order valence-corrected chi connectivity index (χ0v) is 15.4. The highest BCUT2D eigenvalue weighted by Crippen LogP contribution is 2.36. The van der Waals surface area contributed by atoms with Gasteiger partial charge >= 0.3 is 11.9 Å². The third-order valence-electron chi connectivity index (χ3n) is 4.92. The van der Waals surface area contributed by atoms with Gasteiger partial charge in [-0.05, 0) is 44.4 Å². The van der Waals surface area contributed by atoms with Crippen LogP contribution in [0.2, 0.25) is 0 Å². The van der Waals surface area contributed by atoms with E-state index in [0.29, 0.717) is 23.1 Å². The number of rotatable bonds is 3. The van der Waals surface area contributed by atoms with Crippen molar-refractivity contribution in [2.45, 2.75) is 51.9 Å². The molecular weight excluding hydrogens is 336 g/mol. The average molecular weight is 362 g/mol. The van der Waals surface area contributed by atoms with Gasteiger partial charge < -0.3 is 19.7 Å². The first kappa shape index (κ1) is 20.1. The molecule has 142 valence electrons. The van der Waals surface area contributed by atoms with Crippen molar-refractivity contribution in [3.63, 3.8) is 0 Å². The predicted octanol–water partition coefficient (Wildman–Crippen LogP) is 1.98. The Morgan fingerprint density at radius 1 is 1.50 bits per heavy atom. The topological polar surface area (TPSA) is 93.1 Å². The molecule has 1 heterocycles. The van der Waals surface area contributed by atoms with Crippen LogP contribution in [0.4, 0.5) is 0 Å². The normalized spacial score (nSPS) is 34.1. The summed E-state index contributed by atoms with van der Waals surface area (Å²) in [7, 11) is 0. The molecule has 2 aliphatic rings. The molecule has 2 N–H and O–H groups in total. The zero-order chi connectivity index (χ0) is 19.4. The average Bonchev–Trinajstić information content (AvgIpc) is 2.89. The molecule has 1 aliphatic heterocycles. The van der Waals surface area contributed by atoms with Gasteiger partial charge in [0.05, 0.1) is 18.6 Å². The van der Waals surface area contributed by atoms with Gasteiger partial charge in [-0.3, -0.25) is 0 Å². The monoisotopic (exact) mass is 362 g/mol. The zero-order valence-electron chi connectivity index (χ0n) is 15.4. The fraction of sp³-hybridized carbons (Fsp3) is 0.500. The number of aliphatic hydroxyl groups is 2. The number of allylic oxidation sites excluding steroid dienone is 1. The first-order valence-corrected chi connectivity index (χ1v) is 8.67. The molecule has 0 saturated carbocycles. The van der Waals surface area contributed by atoms with E-state index in [4.69, 9.17) is 9.47 Å². The molecule has 1 saturated heterocycles. The third-order valence-corrected chi connectivity index (χ3v) is 4.92. The Morgan fingerprint density at radius 3 is 2.81 bits per heavy atom. The third kappa shape index (κ3) is 4.31. The lowest BCUT2D eigenvalue weighted by Gasteiger charge is -2.28. The minimum absolute atomic E-state index is 0.224. The lowest BCUT2D eigenvalue weighted by Crippen LogP contribution is -2.34. The van der Waals surface area contributed by atoms with Crippen LogP contribution in [0.1, 0.15) is 33.6 Å². The number of carbonyl (C=O) groups excluding carboxylic acids is 2. The smallest absolute Gasteiger partial charge is 0.334 e. The van der Waals surface area contributed by atoms with Crippen LogP contribution >= 0.6 is 0 Å². The van der Waals surface area contributed by atoms with Gasteiger partial charge in [0.2, 0.25) is 0 Å². The van der Waals surface area contributed by atoms with Crippen LogP contribution in [-0.4, -0.2) is 47.1 Å².